The van der Waals surface area contributed by atoms with Crippen LogP contribution in [0, 0.1) is 5.82 Å². The molecular formula is C16H13FN2O3. The summed E-state index contributed by atoms with van der Waals surface area (Å²) in [5.41, 5.74) is 1.13. The summed E-state index contributed by atoms with van der Waals surface area (Å²) in [6, 6.07) is 11.1. The number of benzene rings is 1. The number of furan rings is 1. The molecule has 1 aromatic carbocycles. The smallest absolute Gasteiger partial charge is 0.273 e. The van der Waals surface area contributed by atoms with Crippen molar-refractivity contribution in [1.82, 2.24) is 10.5 Å². The van der Waals surface area contributed by atoms with Gasteiger partial charge in [-0.15, -0.1) is 0 Å². The molecule has 0 bridgehead atoms. The van der Waals surface area contributed by atoms with Crippen molar-refractivity contribution < 1.29 is 18.1 Å². The van der Waals surface area contributed by atoms with Gasteiger partial charge in [0.2, 0.25) is 5.76 Å². The highest BCUT2D eigenvalue weighted by Gasteiger charge is 2.14. The molecule has 3 aromatic rings. The lowest BCUT2D eigenvalue weighted by molar-refractivity contribution is 0.0945. The molecule has 0 aliphatic heterocycles. The molecule has 5 nitrogen and oxygen atoms in total. The summed E-state index contributed by atoms with van der Waals surface area (Å²) >= 11 is 0. The molecule has 22 heavy (non-hydrogen) atoms. The van der Waals surface area contributed by atoms with Gasteiger partial charge in [0.1, 0.15) is 5.82 Å². The second-order valence-corrected chi connectivity index (χ2v) is 4.69. The van der Waals surface area contributed by atoms with E-state index in [4.69, 9.17) is 8.94 Å². The van der Waals surface area contributed by atoms with Crippen molar-refractivity contribution >= 4 is 5.91 Å². The maximum atomic E-state index is 12.8. The van der Waals surface area contributed by atoms with Gasteiger partial charge in [-0.1, -0.05) is 17.3 Å². The molecule has 0 saturated carbocycles. The number of hydrogen-bond acceptors (Lipinski definition) is 4. The summed E-state index contributed by atoms with van der Waals surface area (Å²) < 4.78 is 23.0. The summed E-state index contributed by atoms with van der Waals surface area (Å²) in [6.45, 7) is 0.424. The lowest BCUT2D eigenvalue weighted by Gasteiger charge is -2.03. The second kappa shape index (κ2) is 6.26. The molecule has 0 aliphatic carbocycles. The van der Waals surface area contributed by atoms with E-state index in [0.29, 0.717) is 24.5 Å². The minimum atomic E-state index is -0.330. The van der Waals surface area contributed by atoms with Crippen molar-refractivity contribution in [1.29, 1.82) is 0 Å². The monoisotopic (exact) mass is 300 g/mol. The highest BCUT2D eigenvalue weighted by atomic mass is 19.1. The van der Waals surface area contributed by atoms with E-state index in [0.717, 1.165) is 5.56 Å². The summed E-state index contributed by atoms with van der Waals surface area (Å²) in [6.07, 6.45) is 2.12. The van der Waals surface area contributed by atoms with E-state index in [-0.39, 0.29) is 17.4 Å². The molecule has 0 fully saturated rings. The number of nitrogens with one attached hydrogen (secondary N) is 1. The topological polar surface area (TPSA) is 68.3 Å². The standard InChI is InChI=1S/C16H13FN2O3/c17-12-5-3-11(4-6-12)7-8-18-16(20)13-10-15(22-19-13)14-2-1-9-21-14/h1-6,9-10H,7-8H2,(H,18,20). The predicted octanol–water partition coefficient (Wildman–Crippen LogP) is 3.05. The normalized spacial score (nSPS) is 10.6. The number of halogens is 1. The SMILES string of the molecule is O=C(NCCc1ccc(F)cc1)c1cc(-c2ccco2)on1. The molecule has 2 heterocycles. The van der Waals surface area contributed by atoms with Gasteiger partial charge in [0.25, 0.3) is 5.91 Å². The quantitative estimate of drug-likeness (QED) is 0.786. The first kappa shape index (κ1) is 14.1. The Bertz CT molecular complexity index is 748. The fraction of sp³-hybridized carbons (Fsp3) is 0.125. The van der Waals surface area contributed by atoms with Crippen molar-refractivity contribution in [2.75, 3.05) is 6.54 Å². The average molecular weight is 300 g/mol. The van der Waals surface area contributed by atoms with Gasteiger partial charge in [-0.2, -0.15) is 0 Å². The summed E-state index contributed by atoms with van der Waals surface area (Å²) in [5, 5.41) is 6.45. The number of amides is 1. The molecule has 112 valence electrons. The number of carbonyl (C=O) groups excluding carboxylic acids is 1. The maximum absolute atomic E-state index is 12.8. The summed E-state index contributed by atoms with van der Waals surface area (Å²) in [5.74, 6) is 0.302. The number of carbonyl (C=O) groups is 1. The lowest BCUT2D eigenvalue weighted by Crippen LogP contribution is -2.25. The minimum Gasteiger partial charge on any atom is -0.461 e. The number of hydrogen-bond donors (Lipinski definition) is 1. The fourth-order valence-corrected chi connectivity index (χ4v) is 1.98. The number of aromatic nitrogens is 1. The molecule has 1 amide bonds. The molecule has 0 aliphatic rings. The maximum Gasteiger partial charge on any atom is 0.273 e. The largest absolute Gasteiger partial charge is 0.461 e. The minimum absolute atomic E-state index is 0.186. The van der Waals surface area contributed by atoms with E-state index in [9.17, 15) is 9.18 Å². The van der Waals surface area contributed by atoms with E-state index in [1.165, 1.54) is 24.5 Å². The Balaban J connectivity index is 1.55. The Labute approximate surface area is 125 Å². The zero-order valence-corrected chi connectivity index (χ0v) is 11.6. The van der Waals surface area contributed by atoms with Crippen LogP contribution < -0.4 is 5.32 Å². The van der Waals surface area contributed by atoms with Crippen LogP contribution in [-0.4, -0.2) is 17.6 Å². The van der Waals surface area contributed by atoms with Crippen LogP contribution in [-0.2, 0) is 6.42 Å². The summed E-state index contributed by atoms with van der Waals surface area (Å²) in [7, 11) is 0. The fourth-order valence-electron chi connectivity index (χ4n) is 1.98. The third kappa shape index (κ3) is 3.22. The van der Waals surface area contributed by atoms with Gasteiger partial charge in [-0.3, -0.25) is 4.79 Å². The molecule has 0 atom stereocenters. The Morgan fingerprint density at radius 1 is 1.18 bits per heavy atom. The first-order chi connectivity index (χ1) is 10.7. The van der Waals surface area contributed by atoms with Gasteiger partial charge in [0.05, 0.1) is 6.26 Å². The van der Waals surface area contributed by atoms with Crippen LogP contribution in [0.3, 0.4) is 0 Å². The van der Waals surface area contributed by atoms with Crippen molar-refractivity contribution in [3.63, 3.8) is 0 Å². The van der Waals surface area contributed by atoms with Crippen LogP contribution >= 0.6 is 0 Å². The van der Waals surface area contributed by atoms with Gasteiger partial charge >= 0.3 is 0 Å². The average Bonchev–Trinajstić information content (AvgIpc) is 3.20. The molecule has 0 spiro atoms. The zero-order valence-electron chi connectivity index (χ0n) is 11.6. The molecule has 1 N–H and O–H groups in total. The third-order valence-electron chi connectivity index (χ3n) is 3.12. The van der Waals surface area contributed by atoms with Crippen LogP contribution in [0.25, 0.3) is 11.5 Å². The Kier molecular flexibility index (Phi) is 4.00. The van der Waals surface area contributed by atoms with Crippen molar-refractivity contribution in [2.45, 2.75) is 6.42 Å². The highest BCUT2D eigenvalue weighted by molar-refractivity contribution is 5.92. The van der Waals surface area contributed by atoms with Crippen molar-refractivity contribution in [3.8, 4) is 11.5 Å². The van der Waals surface area contributed by atoms with Crippen LogP contribution in [0.4, 0.5) is 4.39 Å². The third-order valence-corrected chi connectivity index (χ3v) is 3.12. The van der Waals surface area contributed by atoms with Crippen LogP contribution in [0.15, 0.2) is 57.7 Å². The van der Waals surface area contributed by atoms with Gasteiger partial charge < -0.3 is 14.3 Å². The van der Waals surface area contributed by atoms with Gasteiger partial charge in [0.15, 0.2) is 11.5 Å². The molecule has 0 saturated heterocycles. The van der Waals surface area contributed by atoms with Crippen LogP contribution in [0.1, 0.15) is 16.1 Å². The van der Waals surface area contributed by atoms with E-state index in [2.05, 4.69) is 10.5 Å². The van der Waals surface area contributed by atoms with Crippen LogP contribution in [0.5, 0.6) is 0 Å². The number of nitrogens with zero attached hydrogens (tertiary/aromatic N) is 1. The van der Waals surface area contributed by atoms with E-state index in [1.807, 2.05) is 0 Å². The van der Waals surface area contributed by atoms with E-state index in [1.54, 1.807) is 24.3 Å². The predicted molar refractivity (Wildman–Crippen MR) is 76.6 cm³/mol. The molecular weight excluding hydrogens is 287 g/mol. The first-order valence-electron chi connectivity index (χ1n) is 6.75. The highest BCUT2D eigenvalue weighted by Crippen LogP contribution is 2.20. The molecule has 0 radical (unpaired) electrons. The van der Waals surface area contributed by atoms with Gasteiger partial charge in [0, 0.05) is 12.6 Å². The summed E-state index contributed by atoms with van der Waals surface area (Å²) in [4.78, 5) is 11.9. The molecule has 6 heteroatoms. The van der Waals surface area contributed by atoms with E-state index < -0.39 is 0 Å². The molecule has 2 aromatic heterocycles. The van der Waals surface area contributed by atoms with Gasteiger partial charge in [-0.05, 0) is 36.2 Å². The van der Waals surface area contributed by atoms with Crippen molar-refractivity contribution in [3.05, 3.63) is 65.8 Å². The zero-order chi connectivity index (χ0) is 15.4. The molecule has 0 unspecified atom stereocenters. The van der Waals surface area contributed by atoms with Gasteiger partial charge in [-0.25, -0.2) is 4.39 Å². The second-order valence-electron chi connectivity index (χ2n) is 4.69. The first-order valence-corrected chi connectivity index (χ1v) is 6.75. The Morgan fingerprint density at radius 3 is 2.73 bits per heavy atom. The Morgan fingerprint density at radius 2 is 2.00 bits per heavy atom. The Hall–Kier alpha value is -2.89. The van der Waals surface area contributed by atoms with Crippen LogP contribution in [0.2, 0.25) is 0 Å². The number of rotatable bonds is 5. The molecule has 3 rings (SSSR count). The lowest BCUT2D eigenvalue weighted by atomic mass is 10.1. The van der Waals surface area contributed by atoms with E-state index >= 15 is 0 Å². The van der Waals surface area contributed by atoms with Crippen molar-refractivity contribution in [2.24, 2.45) is 0 Å².